The number of aromatic nitrogens is 2. The highest BCUT2D eigenvalue weighted by Crippen LogP contribution is 2.15. The number of nitrogens with zero attached hydrogens (tertiary/aromatic N) is 3. The molecule has 21 heavy (non-hydrogen) atoms. The van der Waals surface area contributed by atoms with Gasteiger partial charge in [0.15, 0.2) is 0 Å². The summed E-state index contributed by atoms with van der Waals surface area (Å²) in [6.45, 7) is 7.75. The van der Waals surface area contributed by atoms with Gasteiger partial charge in [-0.25, -0.2) is 9.97 Å². The van der Waals surface area contributed by atoms with E-state index in [1.807, 2.05) is 11.8 Å². The molecular formula is C16H26N4O. The molecule has 1 unspecified atom stereocenters. The Labute approximate surface area is 127 Å². The number of hydrogen-bond donors (Lipinski definition) is 1. The summed E-state index contributed by atoms with van der Waals surface area (Å²) in [5, 5.41) is 3.32. The number of hydrogen-bond acceptors (Lipinski definition) is 4. The van der Waals surface area contributed by atoms with E-state index in [9.17, 15) is 4.79 Å². The molecule has 0 bridgehead atoms. The molecule has 1 saturated heterocycles. The van der Waals surface area contributed by atoms with E-state index in [-0.39, 0.29) is 5.91 Å². The van der Waals surface area contributed by atoms with Gasteiger partial charge >= 0.3 is 0 Å². The van der Waals surface area contributed by atoms with E-state index < -0.39 is 0 Å². The van der Waals surface area contributed by atoms with Crippen molar-refractivity contribution in [1.82, 2.24) is 14.9 Å². The molecule has 1 aliphatic heterocycles. The van der Waals surface area contributed by atoms with Crippen LogP contribution in [0.4, 0.5) is 5.82 Å². The molecule has 2 heterocycles. The van der Waals surface area contributed by atoms with Crippen LogP contribution < -0.4 is 5.32 Å². The van der Waals surface area contributed by atoms with Crippen molar-refractivity contribution in [1.29, 1.82) is 0 Å². The van der Waals surface area contributed by atoms with Crippen LogP contribution in [-0.2, 0) is 0 Å². The molecule has 1 atom stereocenters. The zero-order valence-corrected chi connectivity index (χ0v) is 13.4. The third-order valence-corrected chi connectivity index (χ3v) is 3.96. The lowest BCUT2D eigenvalue weighted by molar-refractivity contribution is 0.0755. The molecule has 1 aliphatic rings. The summed E-state index contributed by atoms with van der Waals surface area (Å²) < 4.78 is 0. The maximum absolute atomic E-state index is 12.6. The Kier molecular flexibility index (Phi) is 5.53. The van der Waals surface area contributed by atoms with Crippen LogP contribution >= 0.6 is 0 Å². The lowest BCUT2D eigenvalue weighted by Gasteiger charge is -2.20. The zero-order chi connectivity index (χ0) is 15.2. The second-order valence-electron chi connectivity index (χ2n) is 5.85. The highest BCUT2D eigenvalue weighted by atomic mass is 16.2. The van der Waals surface area contributed by atoms with Crippen molar-refractivity contribution >= 4 is 11.7 Å². The monoisotopic (exact) mass is 290 g/mol. The fourth-order valence-electron chi connectivity index (χ4n) is 2.54. The zero-order valence-electron chi connectivity index (χ0n) is 13.4. The number of amides is 1. The fraction of sp³-hybridized carbons (Fsp3) is 0.688. The summed E-state index contributed by atoms with van der Waals surface area (Å²) in [5.41, 5.74) is 0.509. The first kappa shape index (κ1) is 15.7. The van der Waals surface area contributed by atoms with Crippen LogP contribution in [0.3, 0.4) is 0 Å². The summed E-state index contributed by atoms with van der Waals surface area (Å²) in [5.74, 6) is 1.42. The van der Waals surface area contributed by atoms with Crippen molar-refractivity contribution in [3.8, 4) is 0 Å². The molecule has 1 aromatic heterocycles. The minimum absolute atomic E-state index is 0.0367. The normalized spacial score (nSPS) is 17.2. The second-order valence-corrected chi connectivity index (χ2v) is 5.85. The van der Waals surface area contributed by atoms with Crippen LogP contribution in [0.1, 0.15) is 62.3 Å². The maximum Gasteiger partial charge on any atom is 0.272 e. The van der Waals surface area contributed by atoms with Crippen molar-refractivity contribution in [2.24, 2.45) is 0 Å². The summed E-state index contributed by atoms with van der Waals surface area (Å²) in [6, 6.07) is 2.12. The van der Waals surface area contributed by atoms with E-state index in [0.29, 0.717) is 17.6 Å². The Bertz CT molecular complexity index is 481. The first-order chi connectivity index (χ1) is 10.1. The Balaban J connectivity index is 2.15. The van der Waals surface area contributed by atoms with Crippen LogP contribution in [0.2, 0.25) is 0 Å². The Morgan fingerprint density at radius 3 is 2.57 bits per heavy atom. The highest BCUT2D eigenvalue weighted by Gasteiger charge is 2.19. The van der Waals surface area contributed by atoms with E-state index in [0.717, 1.165) is 38.2 Å². The first-order valence-electron chi connectivity index (χ1n) is 8.01. The fourth-order valence-corrected chi connectivity index (χ4v) is 2.54. The SMILES string of the molecule is CCC(C)Nc1cc(C(=O)N2CCCCCC2)nc(C)n1. The number of carbonyl (C=O) groups excluding carboxylic acids is 1. The highest BCUT2D eigenvalue weighted by molar-refractivity contribution is 5.93. The molecule has 1 aromatic rings. The van der Waals surface area contributed by atoms with Crippen LogP contribution in [-0.4, -0.2) is 39.9 Å². The van der Waals surface area contributed by atoms with Gasteiger partial charge in [0.2, 0.25) is 0 Å². The average Bonchev–Trinajstić information content (AvgIpc) is 2.74. The van der Waals surface area contributed by atoms with E-state index in [1.54, 1.807) is 6.07 Å². The van der Waals surface area contributed by atoms with Gasteiger partial charge in [-0.3, -0.25) is 4.79 Å². The first-order valence-corrected chi connectivity index (χ1v) is 8.01. The molecule has 0 spiro atoms. The van der Waals surface area contributed by atoms with Crippen LogP contribution in [0, 0.1) is 6.92 Å². The van der Waals surface area contributed by atoms with Gasteiger partial charge in [-0.2, -0.15) is 0 Å². The Morgan fingerprint density at radius 1 is 1.29 bits per heavy atom. The molecule has 5 nitrogen and oxygen atoms in total. The van der Waals surface area contributed by atoms with Gasteiger partial charge in [0.05, 0.1) is 0 Å². The molecule has 1 amide bonds. The Hall–Kier alpha value is -1.65. The number of aryl methyl sites for hydroxylation is 1. The van der Waals surface area contributed by atoms with E-state index in [2.05, 4.69) is 29.1 Å². The lowest BCUT2D eigenvalue weighted by atomic mass is 10.2. The quantitative estimate of drug-likeness (QED) is 0.926. The van der Waals surface area contributed by atoms with Crippen LogP contribution in [0.25, 0.3) is 0 Å². The van der Waals surface area contributed by atoms with Crippen LogP contribution in [0.5, 0.6) is 0 Å². The molecular weight excluding hydrogens is 264 g/mol. The molecule has 1 N–H and O–H groups in total. The minimum atomic E-state index is 0.0367. The van der Waals surface area contributed by atoms with E-state index in [1.165, 1.54) is 12.8 Å². The summed E-state index contributed by atoms with van der Waals surface area (Å²) in [7, 11) is 0. The van der Waals surface area contributed by atoms with Crippen molar-refractivity contribution in [3.05, 3.63) is 17.6 Å². The third kappa shape index (κ3) is 4.41. The standard InChI is InChI=1S/C16H26N4O/c1-4-12(2)17-15-11-14(18-13(3)19-15)16(21)20-9-7-5-6-8-10-20/h11-12H,4-10H2,1-3H3,(H,17,18,19). The van der Waals surface area contributed by atoms with E-state index in [4.69, 9.17) is 0 Å². The predicted octanol–water partition coefficient (Wildman–Crippen LogP) is 3.01. The summed E-state index contributed by atoms with van der Waals surface area (Å²) in [6.07, 6.45) is 5.63. The smallest absolute Gasteiger partial charge is 0.272 e. The minimum Gasteiger partial charge on any atom is -0.368 e. The van der Waals surface area contributed by atoms with Crippen molar-refractivity contribution in [2.75, 3.05) is 18.4 Å². The van der Waals surface area contributed by atoms with Gasteiger partial charge in [-0.05, 0) is 33.1 Å². The van der Waals surface area contributed by atoms with Gasteiger partial charge in [0, 0.05) is 25.2 Å². The molecule has 0 radical (unpaired) electrons. The summed E-state index contributed by atoms with van der Waals surface area (Å²) in [4.78, 5) is 23.3. The number of likely N-dealkylation sites (tertiary alicyclic amines) is 1. The molecule has 116 valence electrons. The topological polar surface area (TPSA) is 58.1 Å². The van der Waals surface area contributed by atoms with Crippen molar-refractivity contribution in [3.63, 3.8) is 0 Å². The second kappa shape index (κ2) is 7.38. The number of carbonyl (C=O) groups is 1. The number of anilines is 1. The van der Waals surface area contributed by atoms with Crippen LogP contribution in [0.15, 0.2) is 6.07 Å². The van der Waals surface area contributed by atoms with Crippen molar-refractivity contribution in [2.45, 2.75) is 58.9 Å². The van der Waals surface area contributed by atoms with Gasteiger partial charge in [-0.1, -0.05) is 19.8 Å². The third-order valence-electron chi connectivity index (χ3n) is 3.96. The molecule has 1 fully saturated rings. The van der Waals surface area contributed by atoms with Crippen molar-refractivity contribution < 1.29 is 4.79 Å². The summed E-state index contributed by atoms with van der Waals surface area (Å²) >= 11 is 0. The largest absolute Gasteiger partial charge is 0.368 e. The molecule has 0 aromatic carbocycles. The van der Waals surface area contributed by atoms with Gasteiger partial charge in [-0.15, -0.1) is 0 Å². The average molecular weight is 290 g/mol. The van der Waals surface area contributed by atoms with Gasteiger partial charge in [0.1, 0.15) is 17.3 Å². The van der Waals surface area contributed by atoms with Gasteiger partial charge < -0.3 is 10.2 Å². The molecule has 0 aliphatic carbocycles. The molecule has 5 heteroatoms. The number of nitrogens with one attached hydrogen (secondary N) is 1. The molecule has 2 rings (SSSR count). The lowest BCUT2D eigenvalue weighted by Crippen LogP contribution is -2.32. The predicted molar refractivity (Wildman–Crippen MR) is 84.5 cm³/mol. The van der Waals surface area contributed by atoms with Gasteiger partial charge in [0.25, 0.3) is 5.91 Å². The number of rotatable bonds is 4. The van der Waals surface area contributed by atoms with E-state index >= 15 is 0 Å². The Morgan fingerprint density at radius 2 is 1.95 bits per heavy atom. The molecule has 0 saturated carbocycles. The maximum atomic E-state index is 12.6.